The first-order valence-corrected chi connectivity index (χ1v) is 3.22. The summed E-state index contributed by atoms with van der Waals surface area (Å²) in [6.45, 7) is 1.73. The highest BCUT2D eigenvalue weighted by molar-refractivity contribution is 4.92. The molecular formula is C6H11N3O. The number of aliphatic hydroxyl groups excluding tert-OH is 1. The van der Waals surface area contributed by atoms with Crippen LogP contribution in [-0.4, -0.2) is 26.2 Å². The molecule has 1 N–H and O–H groups in total. The third kappa shape index (κ3) is 1.80. The van der Waals surface area contributed by atoms with E-state index in [-0.39, 0.29) is 6.10 Å². The van der Waals surface area contributed by atoms with E-state index >= 15 is 0 Å². The standard InChI is InChI=1S/C6H11N3O/c1-5(10)3-6-4-9(2)8-7-6/h4-5,10H,3H2,1-2H3/t5-/m0/s1. The van der Waals surface area contributed by atoms with Crippen LogP contribution in [0.15, 0.2) is 6.20 Å². The molecule has 4 heteroatoms. The van der Waals surface area contributed by atoms with Crippen molar-refractivity contribution in [1.82, 2.24) is 15.0 Å². The highest BCUT2D eigenvalue weighted by Gasteiger charge is 2.01. The number of aryl methyl sites for hydroxylation is 1. The molecule has 0 saturated carbocycles. The van der Waals surface area contributed by atoms with Crippen LogP contribution in [0.4, 0.5) is 0 Å². The smallest absolute Gasteiger partial charge is 0.0852 e. The van der Waals surface area contributed by atoms with Crippen molar-refractivity contribution >= 4 is 0 Å². The minimum Gasteiger partial charge on any atom is -0.393 e. The molecular weight excluding hydrogens is 130 g/mol. The molecule has 0 spiro atoms. The summed E-state index contributed by atoms with van der Waals surface area (Å²) in [5.41, 5.74) is 0.831. The Kier molecular flexibility index (Phi) is 2.01. The second-order valence-corrected chi connectivity index (χ2v) is 2.44. The van der Waals surface area contributed by atoms with Crippen LogP contribution in [0.2, 0.25) is 0 Å². The second kappa shape index (κ2) is 2.79. The van der Waals surface area contributed by atoms with Crippen molar-refractivity contribution in [3.05, 3.63) is 11.9 Å². The van der Waals surface area contributed by atoms with Crippen LogP contribution in [-0.2, 0) is 13.5 Å². The van der Waals surface area contributed by atoms with Gasteiger partial charge < -0.3 is 5.11 Å². The molecule has 1 aromatic rings. The minimum atomic E-state index is -0.336. The molecule has 0 radical (unpaired) electrons. The SMILES string of the molecule is C[C@H](O)Cc1cn(C)nn1. The van der Waals surface area contributed by atoms with Gasteiger partial charge in [0.15, 0.2) is 0 Å². The van der Waals surface area contributed by atoms with Crippen LogP contribution in [0, 0.1) is 0 Å². The minimum absolute atomic E-state index is 0.336. The van der Waals surface area contributed by atoms with Gasteiger partial charge in [0, 0.05) is 19.7 Å². The summed E-state index contributed by atoms with van der Waals surface area (Å²) in [7, 11) is 1.80. The van der Waals surface area contributed by atoms with Gasteiger partial charge in [-0.05, 0) is 6.92 Å². The third-order valence-corrected chi connectivity index (χ3v) is 1.15. The van der Waals surface area contributed by atoms with Crippen molar-refractivity contribution in [3.8, 4) is 0 Å². The average molecular weight is 141 g/mol. The van der Waals surface area contributed by atoms with Crippen molar-refractivity contribution in [1.29, 1.82) is 0 Å². The second-order valence-electron chi connectivity index (χ2n) is 2.44. The first kappa shape index (κ1) is 7.21. The van der Waals surface area contributed by atoms with Crippen molar-refractivity contribution < 1.29 is 5.11 Å². The monoisotopic (exact) mass is 141 g/mol. The van der Waals surface area contributed by atoms with E-state index in [1.165, 1.54) is 0 Å². The van der Waals surface area contributed by atoms with Gasteiger partial charge in [-0.1, -0.05) is 5.21 Å². The normalized spacial score (nSPS) is 13.5. The van der Waals surface area contributed by atoms with Crippen LogP contribution in [0.25, 0.3) is 0 Å². The highest BCUT2D eigenvalue weighted by atomic mass is 16.3. The quantitative estimate of drug-likeness (QED) is 0.617. The third-order valence-electron chi connectivity index (χ3n) is 1.15. The topological polar surface area (TPSA) is 50.9 Å². The molecule has 0 aliphatic carbocycles. The summed E-state index contributed by atoms with van der Waals surface area (Å²) < 4.78 is 1.62. The fourth-order valence-corrected chi connectivity index (χ4v) is 0.791. The number of nitrogens with zero attached hydrogens (tertiary/aromatic N) is 3. The van der Waals surface area contributed by atoms with Crippen LogP contribution in [0.3, 0.4) is 0 Å². The van der Waals surface area contributed by atoms with E-state index in [9.17, 15) is 0 Å². The molecule has 1 aromatic heterocycles. The lowest BCUT2D eigenvalue weighted by molar-refractivity contribution is 0.194. The molecule has 0 aromatic carbocycles. The number of hydrogen-bond acceptors (Lipinski definition) is 3. The van der Waals surface area contributed by atoms with E-state index in [1.807, 2.05) is 0 Å². The van der Waals surface area contributed by atoms with E-state index in [0.29, 0.717) is 6.42 Å². The van der Waals surface area contributed by atoms with E-state index in [1.54, 1.807) is 24.9 Å². The molecule has 10 heavy (non-hydrogen) atoms. The lowest BCUT2D eigenvalue weighted by atomic mass is 10.2. The zero-order valence-corrected chi connectivity index (χ0v) is 6.15. The molecule has 0 saturated heterocycles. The Balaban J connectivity index is 2.58. The van der Waals surface area contributed by atoms with Gasteiger partial charge in [0.25, 0.3) is 0 Å². The molecule has 0 aliphatic heterocycles. The first-order valence-electron chi connectivity index (χ1n) is 3.22. The Morgan fingerprint density at radius 2 is 2.50 bits per heavy atom. The number of aliphatic hydroxyl groups is 1. The molecule has 0 fully saturated rings. The van der Waals surface area contributed by atoms with Crippen molar-refractivity contribution in [2.24, 2.45) is 7.05 Å². The predicted octanol–water partition coefficient (Wildman–Crippen LogP) is -0.262. The molecule has 56 valence electrons. The zero-order chi connectivity index (χ0) is 7.56. The van der Waals surface area contributed by atoms with Gasteiger partial charge in [0.2, 0.25) is 0 Å². The average Bonchev–Trinajstić information content (AvgIpc) is 2.13. The molecule has 1 heterocycles. The van der Waals surface area contributed by atoms with Crippen LogP contribution < -0.4 is 0 Å². The molecule has 0 aliphatic rings. The van der Waals surface area contributed by atoms with Crippen LogP contribution >= 0.6 is 0 Å². The van der Waals surface area contributed by atoms with Crippen molar-refractivity contribution in [3.63, 3.8) is 0 Å². The van der Waals surface area contributed by atoms with Crippen LogP contribution in [0.1, 0.15) is 12.6 Å². The van der Waals surface area contributed by atoms with Crippen LogP contribution in [0.5, 0.6) is 0 Å². The van der Waals surface area contributed by atoms with E-state index in [0.717, 1.165) is 5.69 Å². The molecule has 1 atom stereocenters. The Morgan fingerprint density at radius 1 is 1.80 bits per heavy atom. The van der Waals surface area contributed by atoms with Gasteiger partial charge in [-0.3, -0.25) is 4.68 Å². The van der Waals surface area contributed by atoms with Gasteiger partial charge in [-0.25, -0.2) is 0 Å². The van der Waals surface area contributed by atoms with Gasteiger partial charge in [0.05, 0.1) is 11.8 Å². The number of aromatic nitrogens is 3. The van der Waals surface area contributed by atoms with E-state index in [4.69, 9.17) is 5.11 Å². The molecule has 1 rings (SSSR count). The van der Waals surface area contributed by atoms with E-state index in [2.05, 4.69) is 10.3 Å². The molecule has 4 nitrogen and oxygen atoms in total. The molecule has 0 bridgehead atoms. The van der Waals surface area contributed by atoms with Gasteiger partial charge in [-0.2, -0.15) is 0 Å². The lowest BCUT2D eigenvalue weighted by Crippen LogP contribution is -2.04. The van der Waals surface area contributed by atoms with Gasteiger partial charge in [0.1, 0.15) is 0 Å². The molecule has 0 unspecified atom stereocenters. The summed E-state index contributed by atoms with van der Waals surface area (Å²) in [4.78, 5) is 0. The largest absolute Gasteiger partial charge is 0.393 e. The Morgan fingerprint density at radius 3 is 2.90 bits per heavy atom. The summed E-state index contributed by atoms with van der Waals surface area (Å²) >= 11 is 0. The van der Waals surface area contributed by atoms with Gasteiger partial charge >= 0.3 is 0 Å². The summed E-state index contributed by atoms with van der Waals surface area (Å²) in [5, 5.41) is 16.5. The maximum Gasteiger partial charge on any atom is 0.0852 e. The maximum atomic E-state index is 8.94. The Bertz CT molecular complexity index is 207. The summed E-state index contributed by atoms with van der Waals surface area (Å²) in [5.74, 6) is 0. The highest BCUT2D eigenvalue weighted by Crippen LogP contribution is 1.95. The number of rotatable bonds is 2. The molecule has 0 amide bonds. The lowest BCUT2D eigenvalue weighted by Gasteiger charge is -1.96. The maximum absolute atomic E-state index is 8.94. The van der Waals surface area contributed by atoms with Crippen molar-refractivity contribution in [2.45, 2.75) is 19.4 Å². The fraction of sp³-hybridized carbons (Fsp3) is 0.667. The Labute approximate surface area is 59.5 Å². The van der Waals surface area contributed by atoms with Gasteiger partial charge in [-0.15, -0.1) is 5.10 Å². The fourth-order valence-electron chi connectivity index (χ4n) is 0.791. The van der Waals surface area contributed by atoms with E-state index < -0.39 is 0 Å². The van der Waals surface area contributed by atoms with Crippen molar-refractivity contribution in [2.75, 3.05) is 0 Å². The predicted molar refractivity (Wildman–Crippen MR) is 36.4 cm³/mol. The zero-order valence-electron chi connectivity index (χ0n) is 6.15. The number of hydrogen-bond donors (Lipinski definition) is 1. The summed E-state index contributed by atoms with van der Waals surface area (Å²) in [6, 6.07) is 0. The first-order chi connectivity index (χ1) is 4.68. The Hall–Kier alpha value is -0.900. The summed E-state index contributed by atoms with van der Waals surface area (Å²) in [6.07, 6.45) is 2.04.